The largest absolute Gasteiger partial charge is 0.292 e. The third kappa shape index (κ3) is 2.71. The monoisotopic (exact) mass is 268 g/mol. The first kappa shape index (κ1) is 11.7. The van der Waals surface area contributed by atoms with Gasteiger partial charge in [-0.05, 0) is 24.3 Å². The molecule has 94 valence electrons. The van der Waals surface area contributed by atoms with Gasteiger partial charge in [0.05, 0.1) is 17.6 Å². The molecule has 2 aromatic heterocycles. The van der Waals surface area contributed by atoms with Gasteiger partial charge in [-0.25, -0.2) is 4.98 Å². The molecule has 0 unspecified atom stereocenters. The number of anilines is 1. The van der Waals surface area contributed by atoms with E-state index in [-0.39, 0.29) is 0 Å². The number of aromatic nitrogens is 2. The van der Waals surface area contributed by atoms with Crippen LogP contribution in [0.25, 0.3) is 5.13 Å². The van der Waals surface area contributed by atoms with Crippen LogP contribution in [-0.2, 0) is 0 Å². The summed E-state index contributed by atoms with van der Waals surface area (Å²) >= 11 is 1.59. The van der Waals surface area contributed by atoms with Gasteiger partial charge in [0.2, 0.25) is 0 Å². The van der Waals surface area contributed by atoms with E-state index in [2.05, 4.69) is 15.5 Å². The molecule has 1 aromatic carbocycles. The molecule has 0 atom stereocenters. The SMILES string of the molecule is C(=N\Nc1ccccc1)/c1cccn1-c1nccs1. The van der Waals surface area contributed by atoms with Gasteiger partial charge in [-0.15, -0.1) is 11.3 Å². The maximum absolute atomic E-state index is 4.29. The molecule has 4 nitrogen and oxygen atoms in total. The number of nitrogens with zero attached hydrogens (tertiary/aromatic N) is 3. The first-order chi connectivity index (χ1) is 9.43. The summed E-state index contributed by atoms with van der Waals surface area (Å²) in [5.41, 5.74) is 4.94. The molecule has 5 heteroatoms. The van der Waals surface area contributed by atoms with E-state index in [0.29, 0.717) is 0 Å². The quantitative estimate of drug-likeness (QED) is 0.582. The third-order valence-electron chi connectivity index (χ3n) is 2.57. The average molecular weight is 268 g/mol. The topological polar surface area (TPSA) is 42.2 Å². The van der Waals surface area contributed by atoms with E-state index in [4.69, 9.17) is 0 Å². The molecule has 3 rings (SSSR count). The molecule has 0 saturated carbocycles. The van der Waals surface area contributed by atoms with E-state index in [9.17, 15) is 0 Å². The van der Waals surface area contributed by atoms with Gasteiger partial charge in [-0.3, -0.25) is 9.99 Å². The summed E-state index contributed by atoms with van der Waals surface area (Å²) in [5.74, 6) is 0. The van der Waals surface area contributed by atoms with Crippen molar-refractivity contribution in [1.29, 1.82) is 0 Å². The molecule has 0 spiro atoms. The molecule has 0 aliphatic carbocycles. The predicted octanol–water partition coefficient (Wildman–Crippen LogP) is 3.38. The molecule has 19 heavy (non-hydrogen) atoms. The molecule has 0 radical (unpaired) electrons. The lowest BCUT2D eigenvalue weighted by Crippen LogP contribution is -1.98. The van der Waals surface area contributed by atoms with E-state index in [1.54, 1.807) is 23.7 Å². The fourth-order valence-corrected chi connectivity index (χ4v) is 2.34. The summed E-state index contributed by atoms with van der Waals surface area (Å²) in [4.78, 5) is 4.29. The summed E-state index contributed by atoms with van der Waals surface area (Å²) in [6.07, 6.45) is 5.56. The van der Waals surface area contributed by atoms with Crippen LogP contribution in [0.5, 0.6) is 0 Å². The van der Waals surface area contributed by atoms with Crippen molar-refractivity contribution < 1.29 is 0 Å². The number of para-hydroxylation sites is 1. The lowest BCUT2D eigenvalue weighted by molar-refractivity contribution is 1.04. The molecular formula is C14H12N4S. The van der Waals surface area contributed by atoms with Gasteiger partial charge in [0.15, 0.2) is 5.13 Å². The number of thiazole rings is 1. The Bertz CT molecular complexity index is 656. The second kappa shape index (κ2) is 5.49. The van der Waals surface area contributed by atoms with E-state index >= 15 is 0 Å². The molecule has 0 fully saturated rings. The zero-order valence-corrected chi connectivity index (χ0v) is 10.9. The number of hydrogen-bond donors (Lipinski definition) is 1. The van der Waals surface area contributed by atoms with Gasteiger partial charge in [-0.1, -0.05) is 18.2 Å². The smallest absolute Gasteiger partial charge is 0.193 e. The van der Waals surface area contributed by atoms with E-state index < -0.39 is 0 Å². The van der Waals surface area contributed by atoms with E-state index in [1.165, 1.54) is 0 Å². The highest BCUT2D eigenvalue weighted by molar-refractivity contribution is 7.12. The summed E-state index contributed by atoms with van der Waals surface area (Å²) in [6, 6.07) is 13.8. The number of hydrazone groups is 1. The van der Waals surface area contributed by atoms with Crippen molar-refractivity contribution in [2.45, 2.75) is 0 Å². The zero-order valence-electron chi connectivity index (χ0n) is 10.1. The molecule has 0 aliphatic rings. The fraction of sp³-hybridized carbons (Fsp3) is 0. The molecule has 0 bridgehead atoms. The summed E-state index contributed by atoms with van der Waals surface area (Å²) in [5, 5.41) is 7.13. The highest BCUT2D eigenvalue weighted by atomic mass is 32.1. The van der Waals surface area contributed by atoms with Crippen LogP contribution in [-0.4, -0.2) is 15.8 Å². The molecule has 2 heterocycles. The number of nitrogens with one attached hydrogen (secondary N) is 1. The van der Waals surface area contributed by atoms with Crippen molar-refractivity contribution in [3.05, 3.63) is 65.9 Å². The van der Waals surface area contributed by atoms with Gasteiger partial charge in [0.25, 0.3) is 0 Å². The van der Waals surface area contributed by atoms with Crippen LogP contribution < -0.4 is 5.43 Å². The van der Waals surface area contributed by atoms with Gasteiger partial charge in [0.1, 0.15) is 0 Å². The first-order valence-electron chi connectivity index (χ1n) is 5.85. The summed E-state index contributed by atoms with van der Waals surface area (Å²) < 4.78 is 2.00. The normalized spacial score (nSPS) is 10.9. The second-order valence-electron chi connectivity index (χ2n) is 3.85. The van der Waals surface area contributed by atoms with Crippen LogP contribution in [0.1, 0.15) is 5.69 Å². The molecule has 3 aromatic rings. The Labute approximate surface area is 115 Å². The van der Waals surface area contributed by atoms with E-state index in [1.807, 2.05) is 58.6 Å². The number of rotatable bonds is 4. The zero-order chi connectivity index (χ0) is 12.9. The molecule has 0 saturated heterocycles. The van der Waals surface area contributed by atoms with Crippen molar-refractivity contribution in [1.82, 2.24) is 9.55 Å². The maximum Gasteiger partial charge on any atom is 0.193 e. The number of benzene rings is 1. The Kier molecular flexibility index (Phi) is 3.38. The van der Waals surface area contributed by atoms with E-state index in [0.717, 1.165) is 16.5 Å². The van der Waals surface area contributed by atoms with Gasteiger partial charge >= 0.3 is 0 Å². The lowest BCUT2D eigenvalue weighted by atomic mass is 10.3. The van der Waals surface area contributed by atoms with Crippen molar-refractivity contribution in [2.75, 3.05) is 5.43 Å². The first-order valence-corrected chi connectivity index (χ1v) is 6.73. The Hall–Kier alpha value is -2.40. The standard InChI is InChI=1S/C14H12N4S/c1-2-5-12(6-3-1)17-16-11-13-7-4-9-18(13)14-15-8-10-19-14/h1-11,17H/b16-11+. The molecule has 1 N–H and O–H groups in total. The minimum atomic E-state index is 0.936. The Morgan fingerprint density at radius 1 is 1.16 bits per heavy atom. The van der Waals surface area contributed by atoms with Crippen LogP contribution in [0.2, 0.25) is 0 Å². The number of hydrogen-bond acceptors (Lipinski definition) is 4. The van der Waals surface area contributed by atoms with Crippen LogP contribution >= 0.6 is 11.3 Å². The maximum atomic E-state index is 4.29. The second-order valence-corrected chi connectivity index (χ2v) is 4.73. The van der Waals surface area contributed by atoms with Gasteiger partial charge in [-0.2, -0.15) is 5.10 Å². The Morgan fingerprint density at radius 2 is 2.05 bits per heavy atom. The van der Waals surface area contributed by atoms with Crippen LogP contribution in [0.3, 0.4) is 0 Å². The van der Waals surface area contributed by atoms with Crippen molar-refractivity contribution in [3.63, 3.8) is 0 Å². The summed E-state index contributed by atoms with van der Waals surface area (Å²) in [7, 11) is 0. The fourth-order valence-electron chi connectivity index (χ4n) is 1.69. The van der Waals surface area contributed by atoms with Crippen molar-refractivity contribution in [3.8, 4) is 5.13 Å². The van der Waals surface area contributed by atoms with Crippen LogP contribution in [0.15, 0.2) is 65.3 Å². The van der Waals surface area contributed by atoms with Crippen molar-refractivity contribution >= 4 is 23.2 Å². The molecule has 0 aliphatic heterocycles. The highest BCUT2D eigenvalue weighted by Gasteiger charge is 2.02. The van der Waals surface area contributed by atoms with Crippen LogP contribution in [0, 0.1) is 0 Å². The van der Waals surface area contributed by atoms with Crippen LogP contribution in [0.4, 0.5) is 5.69 Å². The lowest BCUT2D eigenvalue weighted by Gasteiger charge is -2.01. The molecular weight excluding hydrogens is 256 g/mol. The third-order valence-corrected chi connectivity index (χ3v) is 3.34. The minimum absolute atomic E-state index is 0.936. The van der Waals surface area contributed by atoms with Gasteiger partial charge in [0, 0.05) is 17.8 Å². The average Bonchev–Trinajstić information content (AvgIpc) is 3.10. The Balaban J connectivity index is 1.76. The van der Waals surface area contributed by atoms with Crippen molar-refractivity contribution in [2.24, 2.45) is 5.10 Å². The molecule has 0 amide bonds. The predicted molar refractivity (Wildman–Crippen MR) is 79.1 cm³/mol. The Morgan fingerprint density at radius 3 is 2.84 bits per heavy atom. The minimum Gasteiger partial charge on any atom is -0.292 e. The summed E-state index contributed by atoms with van der Waals surface area (Å²) in [6.45, 7) is 0. The highest BCUT2D eigenvalue weighted by Crippen LogP contribution is 2.14. The van der Waals surface area contributed by atoms with Gasteiger partial charge < -0.3 is 0 Å².